The van der Waals surface area contributed by atoms with Gasteiger partial charge in [-0.25, -0.2) is 0 Å². The predicted octanol–water partition coefficient (Wildman–Crippen LogP) is 6.42. The van der Waals surface area contributed by atoms with Crippen molar-refractivity contribution >= 4 is 0 Å². The number of halogens is 3. The van der Waals surface area contributed by atoms with Crippen LogP contribution in [0.3, 0.4) is 0 Å². The summed E-state index contributed by atoms with van der Waals surface area (Å²) < 4.78 is 38.7. The van der Waals surface area contributed by atoms with E-state index in [1.165, 1.54) is 17.7 Å². The molecule has 0 heterocycles. The van der Waals surface area contributed by atoms with Crippen LogP contribution in [0.15, 0.2) is 54.6 Å². The largest absolute Gasteiger partial charge is 0.416 e. The fourth-order valence-corrected chi connectivity index (χ4v) is 3.66. The molecular formula is C24H29F3N2. The second-order valence-electron chi connectivity index (χ2n) is 8.10. The van der Waals surface area contributed by atoms with E-state index in [4.69, 9.17) is 0 Å². The van der Waals surface area contributed by atoms with Gasteiger partial charge in [0.25, 0.3) is 0 Å². The van der Waals surface area contributed by atoms with Crippen molar-refractivity contribution in [3.63, 3.8) is 0 Å². The van der Waals surface area contributed by atoms with Crippen molar-refractivity contribution in [3.8, 4) is 6.07 Å². The zero-order valence-electron chi connectivity index (χ0n) is 17.5. The summed E-state index contributed by atoms with van der Waals surface area (Å²) in [6, 6.07) is 17.9. The van der Waals surface area contributed by atoms with E-state index in [-0.39, 0.29) is 12.0 Å². The summed E-state index contributed by atoms with van der Waals surface area (Å²) in [6.45, 7) is 6.85. The molecule has 2 rings (SSSR count). The molecule has 2 atom stereocenters. The maximum atomic E-state index is 12.9. The molecule has 0 aromatic heterocycles. The fraction of sp³-hybridized carbons (Fsp3) is 0.458. The Morgan fingerprint density at radius 1 is 0.931 bits per heavy atom. The van der Waals surface area contributed by atoms with Gasteiger partial charge < -0.3 is 0 Å². The lowest BCUT2D eigenvalue weighted by molar-refractivity contribution is -0.137. The van der Waals surface area contributed by atoms with Crippen molar-refractivity contribution in [1.29, 1.82) is 5.26 Å². The summed E-state index contributed by atoms with van der Waals surface area (Å²) in [4.78, 5) is 2.24. The fourth-order valence-electron chi connectivity index (χ4n) is 3.66. The molecule has 0 amide bonds. The molecule has 5 heteroatoms. The van der Waals surface area contributed by atoms with Gasteiger partial charge in [0.15, 0.2) is 0 Å². The second-order valence-corrected chi connectivity index (χ2v) is 8.10. The highest BCUT2D eigenvalue weighted by Crippen LogP contribution is 2.39. The molecule has 156 valence electrons. The molecule has 2 nitrogen and oxygen atoms in total. The van der Waals surface area contributed by atoms with E-state index in [9.17, 15) is 18.4 Å². The molecule has 0 bridgehead atoms. The van der Waals surface area contributed by atoms with E-state index < -0.39 is 17.2 Å². The molecule has 0 fully saturated rings. The number of hydrogen-bond acceptors (Lipinski definition) is 2. The maximum Gasteiger partial charge on any atom is 0.416 e. The van der Waals surface area contributed by atoms with Gasteiger partial charge in [0, 0.05) is 12.6 Å². The van der Waals surface area contributed by atoms with Gasteiger partial charge >= 0.3 is 6.18 Å². The number of nitriles is 1. The molecule has 0 aliphatic carbocycles. The van der Waals surface area contributed by atoms with E-state index in [0.29, 0.717) is 12.0 Å². The van der Waals surface area contributed by atoms with Crippen molar-refractivity contribution < 1.29 is 13.2 Å². The van der Waals surface area contributed by atoms with E-state index in [0.717, 1.165) is 25.1 Å². The zero-order chi connectivity index (χ0) is 21.7. The van der Waals surface area contributed by atoms with Crippen LogP contribution in [-0.4, -0.2) is 18.0 Å². The third kappa shape index (κ3) is 5.61. The molecule has 0 spiro atoms. The van der Waals surface area contributed by atoms with E-state index in [1.54, 1.807) is 0 Å². The normalized spacial score (nSPS) is 15.2. The van der Waals surface area contributed by atoms with E-state index in [1.807, 2.05) is 32.0 Å². The Bertz CT molecular complexity index is 807. The maximum absolute atomic E-state index is 12.9. The van der Waals surface area contributed by atoms with Crippen LogP contribution in [0.2, 0.25) is 0 Å². The average Bonchev–Trinajstić information content (AvgIpc) is 2.68. The first-order valence-electron chi connectivity index (χ1n) is 9.93. The van der Waals surface area contributed by atoms with Gasteiger partial charge in [0.05, 0.1) is 17.0 Å². The van der Waals surface area contributed by atoms with Crippen LogP contribution in [0, 0.1) is 17.2 Å². The molecule has 0 radical (unpaired) electrons. The van der Waals surface area contributed by atoms with Gasteiger partial charge in [-0.3, -0.25) is 4.90 Å². The first-order valence-corrected chi connectivity index (χ1v) is 9.93. The number of nitrogens with zero attached hydrogens (tertiary/aromatic N) is 2. The standard InChI is InChI=1S/C24H29F3N2/c1-18(2)23(17-28,21-10-12-22(13-11-21)24(25,26)27)15-14-19(3)29(4)16-20-8-6-5-7-9-20/h5-13,18-19H,14-16H2,1-4H3. The van der Waals surface area contributed by atoms with Crippen LogP contribution in [0.4, 0.5) is 13.2 Å². The lowest BCUT2D eigenvalue weighted by Crippen LogP contribution is -2.35. The lowest BCUT2D eigenvalue weighted by atomic mass is 9.69. The Hall–Kier alpha value is -2.32. The van der Waals surface area contributed by atoms with Gasteiger partial charge in [-0.15, -0.1) is 0 Å². The van der Waals surface area contributed by atoms with Gasteiger partial charge in [-0.2, -0.15) is 18.4 Å². The minimum Gasteiger partial charge on any atom is -0.299 e. The lowest BCUT2D eigenvalue weighted by Gasteiger charge is -2.34. The molecule has 29 heavy (non-hydrogen) atoms. The quantitative estimate of drug-likeness (QED) is 0.509. The van der Waals surface area contributed by atoms with Gasteiger partial charge in [-0.1, -0.05) is 56.3 Å². The molecular weight excluding hydrogens is 373 g/mol. The van der Waals surface area contributed by atoms with Crippen LogP contribution < -0.4 is 0 Å². The van der Waals surface area contributed by atoms with Crippen LogP contribution in [0.5, 0.6) is 0 Å². The molecule has 0 N–H and O–H groups in total. The third-order valence-electron chi connectivity index (χ3n) is 5.90. The topological polar surface area (TPSA) is 27.0 Å². The van der Waals surface area contributed by atoms with Crippen LogP contribution in [0.1, 0.15) is 50.3 Å². The highest BCUT2D eigenvalue weighted by molar-refractivity contribution is 5.36. The first-order chi connectivity index (χ1) is 13.6. The highest BCUT2D eigenvalue weighted by Gasteiger charge is 2.37. The Morgan fingerprint density at radius 2 is 1.48 bits per heavy atom. The number of alkyl halides is 3. The number of hydrogen-bond donors (Lipinski definition) is 0. The Labute approximate surface area is 172 Å². The predicted molar refractivity (Wildman–Crippen MR) is 110 cm³/mol. The van der Waals surface area contributed by atoms with Gasteiger partial charge in [0.2, 0.25) is 0 Å². The second kappa shape index (κ2) is 9.45. The van der Waals surface area contributed by atoms with Crippen molar-refractivity contribution in [2.75, 3.05) is 7.05 Å². The molecule has 2 unspecified atom stereocenters. The van der Waals surface area contributed by atoms with Crippen molar-refractivity contribution in [3.05, 3.63) is 71.3 Å². The Morgan fingerprint density at radius 3 is 1.97 bits per heavy atom. The SMILES string of the molecule is CC(CCC(C#N)(c1ccc(C(F)(F)F)cc1)C(C)C)N(C)Cc1ccccc1. The molecule has 0 aliphatic heterocycles. The summed E-state index contributed by atoms with van der Waals surface area (Å²) in [5.74, 6) is -0.0177. The summed E-state index contributed by atoms with van der Waals surface area (Å²) in [6.07, 6.45) is -3.01. The first kappa shape index (κ1) is 23.0. The molecule has 2 aromatic carbocycles. The number of rotatable bonds is 8. The minimum absolute atomic E-state index is 0.0177. The molecule has 0 aliphatic rings. The minimum atomic E-state index is -4.37. The third-order valence-corrected chi connectivity index (χ3v) is 5.90. The average molecular weight is 403 g/mol. The van der Waals surface area contributed by atoms with Crippen molar-refractivity contribution in [1.82, 2.24) is 4.90 Å². The van der Waals surface area contributed by atoms with Crippen molar-refractivity contribution in [2.45, 2.75) is 57.8 Å². The van der Waals surface area contributed by atoms with Crippen molar-refractivity contribution in [2.24, 2.45) is 5.92 Å². The highest BCUT2D eigenvalue weighted by atomic mass is 19.4. The Balaban J connectivity index is 2.15. The molecule has 2 aromatic rings. The summed E-state index contributed by atoms with van der Waals surface area (Å²) in [7, 11) is 2.05. The van der Waals surface area contributed by atoms with Gasteiger partial charge in [-0.05, 0) is 56.0 Å². The summed E-state index contributed by atoms with van der Waals surface area (Å²) >= 11 is 0. The van der Waals surface area contributed by atoms with E-state index in [2.05, 4.69) is 37.1 Å². The summed E-state index contributed by atoms with van der Waals surface area (Å²) in [5.41, 5.74) is 0.375. The van der Waals surface area contributed by atoms with E-state index >= 15 is 0 Å². The van der Waals surface area contributed by atoms with Crippen LogP contribution >= 0.6 is 0 Å². The van der Waals surface area contributed by atoms with Crippen LogP contribution in [-0.2, 0) is 18.1 Å². The zero-order valence-corrected chi connectivity index (χ0v) is 17.5. The molecule has 0 saturated heterocycles. The van der Waals surface area contributed by atoms with Crippen LogP contribution in [0.25, 0.3) is 0 Å². The smallest absolute Gasteiger partial charge is 0.299 e. The number of benzene rings is 2. The molecule has 0 saturated carbocycles. The monoisotopic (exact) mass is 402 g/mol. The summed E-state index contributed by atoms with van der Waals surface area (Å²) in [5, 5.41) is 10.0. The Kier molecular flexibility index (Phi) is 7.48. The van der Waals surface area contributed by atoms with Gasteiger partial charge in [0.1, 0.15) is 0 Å².